The lowest BCUT2D eigenvalue weighted by molar-refractivity contribution is -0.384. The molecule has 0 spiro atoms. The van der Waals surface area contributed by atoms with Gasteiger partial charge in [-0.05, 0) is 61.4 Å². The molecule has 0 atom stereocenters. The zero-order chi connectivity index (χ0) is 33.3. The van der Waals surface area contributed by atoms with Gasteiger partial charge in [-0.2, -0.15) is 4.31 Å². The number of hydrogen-bond donors (Lipinski definition) is 3. The lowest BCUT2D eigenvalue weighted by Crippen LogP contribution is -2.42. The Balaban J connectivity index is 0.000000459. The summed E-state index contributed by atoms with van der Waals surface area (Å²) in [6, 6.07) is 25.8. The van der Waals surface area contributed by atoms with E-state index in [0.717, 1.165) is 22.7 Å². The molecule has 242 valence electrons. The van der Waals surface area contributed by atoms with Crippen molar-refractivity contribution in [1.82, 2.24) is 9.62 Å². The number of amides is 2. The summed E-state index contributed by atoms with van der Waals surface area (Å²) in [6.45, 7) is 0.966. The molecule has 1 fully saturated rings. The molecule has 0 bridgehead atoms. The first kappa shape index (κ1) is 34.1. The molecule has 3 aromatic carbocycles. The Kier molecular flexibility index (Phi) is 11.5. The van der Waals surface area contributed by atoms with E-state index in [1.54, 1.807) is 36.4 Å². The number of non-ortho nitro benzene ring substituents is 1. The standard InChI is InChI=1S/C25H29N5O5S2.C7H7NO/c1-28(2)21-7-4-6-20(16-21)27-19-11-13-29(14-12-19)37(34,35)24-10-9-23(36-24)17-26-25(31)18-5-3-8-22(15-18)30(32)33;8-7(9)6-4-2-1-3-5-6/h3-10,15-16,19,27H,11-14,17H2,1-2H3,(H,26,31);1-5H,(H2,8,9). The minimum Gasteiger partial charge on any atom is -0.382 e. The molecule has 46 heavy (non-hydrogen) atoms. The summed E-state index contributed by atoms with van der Waals surface area (Å²) in [5, 5.41) is 17.1. The first-order chi connectivity index (χ1) is 21.9. The summed E-state index contributed by atoms with van der Waals surface area (Å²) in [5.41, 5.74) is 7.64. The highest BCUT2D eigenvalue weighted by molar-refractivity contribution is 7.91. The normalized spacial score (nSPS) is 13.6. The third-order valence-electron chi connectivity index (χ3n) is 7.22. The third-order valence-corrected chi connectivity index (χ3v) is 10.7. The number of benzene rings is 3. The molecule has 12 nitrogen and oxygen atoms in total. The second-order valence-electron chi connectivity index (χ2n) is 10.7. The van der Waals surface area contributed by atoms with Crippen molar-refractivity contribution in [3.8, 4) is 0 Å². The minimum absolute atomic E-state index is 0.125. The van der Waals surface area contributed by atoms with Crippen molar-refractivity contribution in [3.05, 3.63) is 117 Å². The van der Waals surface area contributed by atoms with Gasteiger partial charge in [-0.15, -0.1) is 11.3 Å². The van der Waals surface area contributed by atoms with Gasteiger partial charge in [-0.25, -0.2) is 8.42 Å². The van der Waals surface area contributed by atoms with Gasteiger partial charge in [0.15, 0.2) is 0 Å². The van der Waals surface area contributed by atoms with Gasteiger partial charge in [-0.1, -0.05) is 30.3 Å². The number of nitrogens with two attached hydrogens (primary N) is 1. The number of nitrogens with zero attached hydrogens (tertiary/aromatic N) is 3. The lowest BCUT2D eigenvalue weighted by atomic mass is 10.1. The van der Waals surface area contributed by atoms with Crippen LogP contribution in [0.1, 0.15) is 38.4 Å². The maximum Gasteiger partial charge on any atom is 0.270 e. The number of piperidine rings is 1. The molecule has 4 N–H and O–H groups in total. The van der Waals surface area contributed by atoms with Crippen LogP contribution in [0.25, 0.3) is 0 Å². The summed E-state index contributed by atoms with van der Waals surface area (Å²) in [4.78, 5) is 35.9. The smallest absolute Gasteiger partial charge is 0.270 e. The Bertz CT molecular complexity index is 1770. The number of carbonyl (C=O) groups excluding carboxylic acids is 2. The maximum atomic E-state index is 13.2. The Morgan fingerprint density at radius 3 is 2.26 bits per heavy atom. The number of sulfonamides is 1. The highest BCUT2D eigenvalue weighted by atomic mass is 32.2. The van der Waals surface area contributed by atoms with Crippen molar-refractivity contribution < 1.29 is 22.9 Å². The number of nitro benzene ring substituents is 1. The van der Waals surface area contributed by atoms with Gasteiger partial charge < -0.3 is 21.3 Å². The second kappa shape index (κ2) is 15.5. The molecule has 2 heterocycles. The average Bonchev–Trinajstić information content (AvgIpc) is 3.55. The van der Waals surface area contributed by atoms with Crippen LogP contribution in [0.3, 0.4) is 0 Å². The number of thiophene rings is 1. The Labute approximate surface area is 272 Å². The Morgan fingerprint density at radius 2 is 1.63 bits per heavy atom. The molecule has 4 aromatic rings. The van der Waals surface area contributed by atoms with Gasteiger partial charge in [0.25, 0.3) is 21.6 Å². The highest BCUT2D eigenvalue weighted by Gasteiger charge is 2.30. The van der Waals surface area contributed by atoms with Crippen molar-refractivity contribution in [2.24, 2.45) is 5.73 Å². The predicted octanol–water partition coefficient (Wildman–Crippen LogP) is 4.70. The predicted molar refractivity (Wildman–Crippen MR) is 180 cm³/mol. The number of nitro groups is 1. The van der Waals surface area contributed by atoms with Crippen LogP contribution in [-0.4, -0.2) is 62.7 Å². The van der Waals surface area contributed by atoms with Crippen LogP contribution in [0, 0.1) is 10.1 Å². The lowest BCUT2D eigenvalue weighted by Gasteiger charge is -2.32. The second-order valence-corrected chi connectivity index (χ2v) is 14.0. The van der Waals surface area contributed by atoms with Crippen LogP contribution in [0.4, 0.5) is 17.1 Å². The summed E-state index contributed by atoms with van der Waals surface area (Å²) in [5.74, 6) is -0.845. The van der Waals surface area contributed by atoms with Crippen molar-refractivity contribution in [2.75, 3.05) is 37.4 Å². The van der Waals surface area contributed by atoms with E-state index in [2.05, 4.69) is 16.7 Å². The van der Waals surface area contributed by atoms with Crippen molar-refractivity contribution in [2.45, 2.75) is 29.6 Å². The number of rotatable bonds is 10. The van der Waals surface area contributed by atoms with E-state index in [-0.39, 0.29) is 34.0 Å². The van der Waals surface area contributed by atoms with E-state index in [0.29, 0.717) is 36.4 Å². The topological polar surface area (TPSA) is 168 Å². The number of carbonyl (C=O) groups is 2. The Morgan fingerprint density at radius 1 is 0.957 bits per heavy atom. The van der Waals surface area contributed by atoms with Crippen LogP contribution in [0.2, 0.25) is 0 Å². The number of nitrogens with one attached hydrogen (secondary N) is 2. The molecular weight excluding hydrogens is 629 g/mol. The monoisotopic (exact) mass is 664 g/mol. The van der Waals surface area contributed by atoms with E-state index in [1.807, 2.05) is 43.3 Å². The van der Waals surface area contributed by atoms with Crippen molar-refractivity contribution in [3.63, 3.8) is 0 Å². The molecule has 1 aromatic heterocycles. The molecule has 1 aliphatic rings. The molecule has 0 radical (unpaired) electrons. The van der Waals surface area contributed by atoms with Gasteiger partial charge in [0, 0.05) is 72.7 Å². The van der Waals surface area contributed by atoms with E-state index in [1.165, 1.54) is 28.6 Å². The molecule has 0 unspecified atom stereocenters. The summed E-state index contributed by atoms with van der Waals surface area (Å²) in [7, 11) is 0.348. The van der Waals surface area contributed by atoms with Crippen LogP contribution in [0.5, 0.6) is 0 Å². The van der Waals surface area contributed by atoms with Crippen LogP contribution in [-0.2, 0) is 16.6 Å². The SMILES string of the molecule is CN(C)c1cccc(NC2CCN(S(=O)(=O)c3ccc(CNC(=O)c4cccc([N+](=O)[O-])c4)s3)CC2)c1.NC(=O)c1ccccc1. The van der Waals surface area contributed by atoms with E-state index in [9.17, 15) is 28.1 Å². The van der Waals surface area contributed by atoms with Crippen molar-refractivity contribution in [1.29, 1.82) is 0 Å². The number of anilines is 2. The van der Waals surface area contributed by atoms with E-state index < -0.39 is 20.9 Å². The first-order valence-corrected chi connectivity index (χ1v) is 16.7. The third kappa shape index (κ3) is 9.12. The van der Waals surface area contributed by atoms with E-state index >= 15 is 0 Å². The van der Waals surface area contributed by atoms with Gasteiger partial charge in [0.2, 0.25) is 5.91 Å². The van der Waals surface area contributed by atoms with E-state index in [4.69, 9.17) is 5.73 Å². The summed E-state index contributed by atoms with van der Waals surface area (Å²) >= 11 is 1.11. The molecule has 2 amide bonds. The highest BCUT2D eigenvalue weighted by Crippen LogP contribution is 2.28. The molecule has 1 aliphatic heterocycles. The number of primary amides is 1. The summed E-state index contributed by atoms with van der Waals surface area (Å²) in [6.07, 6.45) is 1.39. The zero-order valence-electron chi connectivity index (χ0n) is 25.5. The fourth-order valence-electron chi connectivity index (χ4n) is 4.70. The van der Waals surface area contributed by atoms with Gasteiger partial charge in [0.05, 0.1) is 11.5 Å². The Hall–Kier alpha value is -4.79. The minimum atomic E-state index is -3.63. The first-order valence-electron chi connectivity index (χ1n) is 14.4. The van der Waals surface area contributed by atoms with Gasteiger partial charge >= 0.3 is 0 Å². The molecular formula is C32H36N6O6S2. The molecule has 14 heteroatoms. The maximum absolute atomic E-state index is 13.2. The van der Waals surface area contributed by atoms with Gasteiger partial charge in [0.1, 0.15) is 4.21 Å². The fourth-order valence-corrected chi connectivity index (χ4v) is 7.62. The fraction of sp³-hybridized carbons (Fsp3) is 0.250. The van der Waals surface area contributed by atoms with Crippen LogP contribution in [0.15, 0.2) is 95.2 Å². The molecule has 0 aliphatic carbocycles. The zero-order valence-corrected chi connectivity index (χ0v) is 27.1. The van der Waals surface area contributed by atoms with Crippen LogP contribution >= 0.6 is 11.3 Å². The van der Waals surface area contributed by atoms with Crippen LogP contribution < -0.4 is 21.3 Å². The van der Waals surface area contributed by atoms with Gasteiger partial charge in [-0.3, -0.25) is 19.7 Å². The number of hydrogen-bond acceptors (Lipinski definition) is 9. The molecule has 1 saturated heterocycles. The molecule has 5 rings (SSSR count). The van der Waals surface area contributed by atoms with Crippen molar-refractivity contribution >= 4 is 50.2 Å². The summed E-state index contributed by atoms with van der Waals surface area (Å²) < 4.78 is 28.2. The quantitative estimate of drug-likeness (QED) is 0.162. The largest absolute Gasteiger partial charge is 0.382 e. The molecule has 0 saturated carbocycles. The average molecular weight is 665 g/mol.